The van der Waals surface area contributed by atoms with Crippen molar-refractivity contribution in [2.24, 2.45) is 5.92 Å². The van der Waals surface area contributed by atoms with Gasteiger partial charge in [-0.3, -0.25) is 4.90 Å². The molecule has 1 heterocycles. The van der Waals surface area contributed by atoms with Gasteiger partial charge >= 0.3 is 12.1 Å². The lowest BCUT2D eigenvalue weighted by Crippen LogP contribution is -2.53. The number of benzene rings is 1. The molecule has 1 amide bonds. The minimum Gasteiger partial charge on any atom is -0.464 e. The van der Waals surface area contributed by atoms with Crippen molar-refractivity contribution < 1.29 is 23.8 Å². The van der Waals surface area contributed by atoms with Crippen LogP contribution in [0.5, 0.6) is 0 Å². The van der Waals surface area contributed by atoms with E-state index in [0.717, 1.165) is 12.0 Å². The third-order valence-corrected chi connectivity index (χ3v) is 4.33. The summed E-state index contributed by atoms with van der Waals surface area (Å²) in [5.74, 6) is -0.209. The standard InChI is InChI=1S/C21H31NO5/c1-5-26-19(23)18-12-11-17(13-22(18)20(24)27-21(2,3)4)15-25-14-16-9-7-6-8-10-16/h6-10,17-18H,5,11-15H2,1-4H3/t17-,18+/m1/s1. The summed E-state index contributed by atoms with van der Waals surface area (Å²) < 4.78 is 16.5. The van der Waals surface area contributed by atoms with E-state index in [4.69, 9.17) is 14.2 Å². The molecule has 6 nitrogen and oxygen atoms in total. The first-order valence-electron chi connectivity index (χ1n) is 9.58. The van der Waals surface area contributed by atoms with Crippen molar-refractivity contribution in [3.05, 3.63) is 35.9 Å². The third kappa shape index (κ3) is 6.86. The Morgan fingerprint density at radius 3 is 2.48 bits per heavy atom. The van der Waals surface area contributed by atoms with Gasteiger partial charge in [0, 0.05) is 12.5 Å². The molecule has 1 fully saturated rings. The van der Waals surface area contributed by atoms with E-state index in [1.807, 2.05) is 51.1 Å². The van der Waals surface area contributed by atoms with Crippen molar-refractivity contribution >= 4 is 12.1 Å². The Morgan fingerprint density at radius 2 is 1.85 bits per heavy atom. The Morgan fingerprint density at radius 1 is 1.15 bits per heavy atom. The van der Waals surface area contributed by atoms with E-state index in [2.05, 4.69) is 0 Å². The highest BCUT2D eigenvalue weighted by Gasteiger charge is 2.39. The van der Waals surface area contributed by atoms with Crippen molar-refractivity contribution in [3.8, 4) is 0 Å². The second-order valence-corrected chi connectivity index (χ2v) is 7.84. The Bertz CT molecular complexity index is 611. The lowest BCUT2D eigenvalue weighted by Gasteiger charge is -2.38. The van der Waals surface area contributed by atoms with Gasteiger partial charge in [-0.2, -0.15) is 0 Å². The van der Waals surface area contributed by atoms with Crippen LogP contribution in [0.3, 0.4) is 0 Å². The molecule has 0 aromatic heterocycles. The summed E-state index contributed by atoms with van der Waals surface area (Å²) >= 11 is 0. The normalized spacial score (nSPS) is 20.2. The minimum absolute atomic E-state index is 0.159. The molecule has 0 spiro atoms. The maximum absolute atomic E-state index is 12.6. The van der Waals surface area contributed by atoms with Gasteiger partial charge in [0.05, 0.1) is 19.8 Å². The fraction of sp³-hybridized carbons (Fsp3) is 0.619. The molecule has 1 aliphatic rings. The zero-order valence-corrected chi connectivity index (χ0v) is 16.8. The predicted octanol–water partition coefficient (Wildman–Crippen LogP) is 3.78. The van der Waals surface area contributed by atoms with Crippen molar-refractivity contribution in [1.29, 1.82) is 0 Å². The molecule has 0 aliphatic carbocycles. The number of carbonyl (C=O) groups is 2. The largest absolute Gasteiger partial charge is 0.464 e. The average molecular weight is 377 g/mol. The van der Waals surface area contributed by atoms with Crippen LogP contribution in [0, 0.1) is 5.92 Å². The fourth-order valence-electron chi connectivity index (χ4n) is 3.11. The molecule has 0 N–H and O–H groups in total. The molecule has 0 saturated carbocycles. The van der Waals surface area contributed by atoms with Crippen LogP contribution in [-0.2, 0) is 25.6 Å². The second kappa shape index (κ2) is 9.74. The zero-order chi connectivity index (χ0) is 19.9. The van der Waals surface area contributed by atoms with E-state index in [1.165, 1.54) is 4.90 Å². The molecular weight excluding hydrogens is 346 g/mol. The van der Waals surface area contributed by atoms with Crippen LogP contribution >= 0.6 is 0 Å². The van der Waals surface area contributed by atoms with Crippen LogP contribution in [0.4, 0.5) is 4.79 Å². The summed E-state index contributed by atoms with van der Waals surface area (Å²) in [7, 11) is 0. The first kappa shape index (κ1) is 21.2. The number of ether oxygens (including phenoxy) is 3. The fourth-order valence-corrected chi connectivity index (χ4v) is 3.11. The highest BCUT2D eigenvalue weighted by Crippen LogP contribution is 2.26. The number of amides is 1. The SMILES string of the molecule is CCOC(=O)[C@@H]1CC[C@@H](COCc2ccccc2)CN1C(=O)OC(C)(C)C. The molecule has 0 radical (unpaired) electrons. The summed E-state index contributed by atoms with van der Waals surface area (Å²) in [5, 5.41) is 0. The first-order valence-corrected chi connectivity index (χ1v) is 9.58. The van der Waals surface area contributed by atoms with Gasteiger partial charge in [0.15, 0.2) is 0 Å². The van der Waals surface area contributed by atoms with Gasteiger partial charge in [-0.15, -0.1) is 0 Å². The number of esters is 1. The second-order valence-electron chi connectivity index (χ2n) is 7.84. The van der Waals surface area contributed by atoms with Crippen LogP contribution in [-0.4, -0.2) is 48.4 Å². The van der Waals surface area contributed by atoms with E-state index >= 15 is 0 Å². The maximum Gasteiger partial charge on any atom is 0.411 e. The molecule has 150 valence electrons. The number of carbonyl (C=O) groups excluding carboxylic acids is 2. The van der Waals surface area contributed by atoms with Gasteiger partial charge in [0.25, 0.3) is 0 Å². The molecule has 27 heavy (non-hydrogen) atoms. The van der Waals surface area contributed by atoms with Crippen LogP contribution in [0.25, 0.3) is 0 Å². The van der Waals surface area contributed by atoms with Crippen molar-refractivity contribution in [3.63, 3.8) is 0 Å². The summed E-state index contributed by atoms with van der Waals surface area (Å²) in [6, 6.07) is 9.37. The number of rotatable bonds is 6. The Balaban J connectivity index is 1.96. The molecule has 1 aliphatic heterocycles. The van der Waals surface area contributed by atoms with Crippen LogP contribution in [0.2, 0.25) is 0 Å². The first-order chi connectivity index (χ1) is 12.8. The van der Waals surface area contributed by atoms with Gasteiger partial charge in [-0.1, -0.05) is 30.3 Å². The van der Waals surface area contributed by atoms with E-state index < -0.39 is 17.7 Å². The van der Waals surface area contributed by atoms with Gasteiger partial charge < -0.3 is 14.2 Å². The topological polar surface area (TPSA) is 65.1 Å². The Labute approximate surface area is 161 Å². The van der Waals surface area contributed by atoms with Gasteiger partial charge in [0.1, 0.15) is 11.6 Å². The molecule has 6 heteroatoms. The summed E-state index contributed by atoms with van der Waals surface area (Å²) in [5.41, 5.74) is 0.495. The molecule has 1 aromatic carbocycles. The molecule has 1 aromatic rings. The lowest BCUT2D eigenvalue weighted by molar-refractivity contribution is -0.151. The lowest BCUT2D eigenvalue weighted by atomic mass is 9.93. The van der Waals surface area contributed by atoms with Crippen molar-refractivity contribution in [2.45, 2.75) is 58.8 Å². The molecule has 0 bridgehead atoms. The maximum atomic E-state index is 12.6. The predicted molar refractivity (Wildman–Crippen MR) is 102 cm³/mol. The van der Waals surface area contributed by atoms with E-state index in [1.54, 1.807) is 6.92 Å². The smallest absolute Gasteiger partial charge is 0.411 e. The van der Waals surface area contributed by atoms with Gasteiger partial charge in [-0.05, 0) is 46.1 Å². The minimum atomic E-state index is -0.618. The van der Waals surface area contributed by atoms with Crippen LogP contribution < -0.4 is 0 Å². The Hall–Kier alpha value is -2.08. The van der Waals surface area contributed by atoms with E-state index in [-0.39, 0.29) is 11.9 Å². The number of hydrogen-bond acceptors (Lipinski definition) is 5. The molecule has 1 saturated heterocycles. The number of likely N-dealkylation sites (tertiary alicyclic amines) is 1. The van der Waals surface area contributed by atoms with Crippen molar-refractivity contribution in [1.82, 2.24) is 4.90 Å². The van der Waals surface area contributed by atoms with Crippen LogP contribution in [0.1, 0.15) is 46.1 Å². The summed E-state index contributed by atoms with van der Waals surface area (Å²) in [6.45, 7) is 8.99. The summed E-state index contributed by atoms with van der Waals surface area (Å²) in [6.07, 6.45) is 0.878. The average Bonchev–Trinajstić information content (AvgIpc) is 2.61. The molecule has 2 rings (SSSR count). The van der Waals surface area contributed by atoms with Crippen LogP contribution in [0.15, 0.2) is 30.3 Å². The molecular formula is C21H31NO5. The number of nitrogens with zero attached hydrogens (tertiary/aromatic N) is 1. The third-order valence-electron chi connectivity index (χ3n) is 4.33. The zero-order valence-electron chi connectivity index (χ0n) is 16.8. The highest BCUT2D eigenvalue weighted by molar-refractivity contribution is 5.81. The van der Waals surface area contributed by atoms with Gasteiger partial charge in [0.2, 0.25) is 0 Å². The molecule has 0 unspecified atom stereocenters. The van der Waals surface area contributed by atoms with E-state index in [0.29, 0.717) is 32.8 Å². The molecule has 2 atom stereocenters. The monoisotopic (exact) mass is 377 g/mol. The highest BCUT2D eigenvalue weighted by atomic mass is 16.6. The van der Waals surface area contributed by atoms with Crippen molar-refractivity contribution in [2.75, 3.05) is 19.8 Å². The summed E-state index contributed by atoms with van der Waals surface area (Å²) in [4.78, 5) is 26.4. The van der Waals surface area contributed by atoms with E-state index in [9.17, 15) is 9.59 Å². The number of hydrogen-bond donors (Lipinski definition) is 0. The number of piperidine rings is 1. The Kier molecular flexibility index (Phi) is 7.66. The van der Waals surface area contributed by atoms with Gasteiger partial charge in [-0.25, -0.2) is 9.59 Å². The quantitative estimate of drug-likeness (QED) is 0.706.